The SMILES string of the molecule is CC(C)Oc1ccc(Cl)cc1C(=O)N1CCC(C)C(O)C1. The maximum Gasteiger partial charge on any atom is 0.257 e. The zero-order valence-corrected chi connectivity index (χ0v) is 13.4. The van der Waals surface area contributed by atoms with E-state index >= 15 is 0 Å². The summed E-state index contributed by atoms with van der Waals surface area (Å²) in [6, 6.07) is 5.06. The second kappa shape index (κ2) is 6.67. The number of carbonyl (C=O) groups excluding carboxylic acids is 1. The van der Waals surface area contributed by atoms with Crippen molar-refractivity contribution >= 4 is 17.5 Å². The molecular weight excluding hydrogens is 290 g/mol. The number of benzene rings is 1. The third kappa shape index (κ3) is 3.89. The van der Waals surface area contributed by atoms with Crippen LogP contribution in [0.5, 0.6) is 5.75 Å². The molecule has 2 rings (SSSR count). The molecule has 21 heavy (non-hydrogen) atoms. The fourth-order valence-corrected chi connectivity index (χ4v) is 2.60. The fraction of sp³-hybridized carbons (Fsp3) is 0.562. The Balaban J connectivity index is 2.23. The first-order valence-electron chi connectivity index (χ1n) is 7.32. The number of amides is 1. The van der Waals surface area contributed by atoms with Gasteiger partial charge in [0.25, 0.3) is 5.91 Å². The molecule has 2 unspecified atom stereocenters. The number of piperidine rings is 1. The molecule has 1 amide bonds. The van der Waals surface area contributed by atoms with Crippen LogP contribution in [0.25, 0.3) is 0 Å². The third-order valence-electron chi connectivity index (χ3n) is 3.74. The number of aliphatic hydroxyl groups excluding tert-OH is 1. The van der Waals surface area contributed by atoms with Gasteiger partial charge in [-0.1, -0.05) is 18.5 Å². The smallest absolute Gasteiger partial charge is 0.257 e. The number of rotatable bonds is 3. The van der Waals surface area contributed by atoms with E-state index in [1.165, 1.54) is 0 Å². The van der Waals surface area contributed by atoms with Gasteiger partial charge >= 0.3 is 0 Å². The molecule has 0 aromatic heterocycles. The first-order chi connectivity index (χ1) is 9.88. The van der Waals surface area contributed by atoms with E-state index in [1.807, 2.05) is 20.8 Å². The summed E-state index contributed by atoms with van der Waals surface area (Å²) in [7, 11) is 0. The highest BCUT2D eigenvalue weighted by atomic mass is 35.5. The predicted octanol–water partition coefficient (Wildman–Crippen LogP) is 2.97. The lowest BCUT2D eigenvalue weighted by molar-refractivity contribution is 0.0246. The second-order valence-corrected chi connectivity index (χ2v) is 6.33. The van der Waals surface area contributed by atoms with Gasteiger partial charge in [-0.3, -0.25) is 4.79 Å². The average Bonchev–Trinajstić information content (AvgIpc) is 2.42. The summed E-state index contributed by atoms with van der Waals surface area (Å²) in [5.41, 5.74) is 0.456. The van der Waals surface area contributed by atoms with Crippen LogP contribution in [0.15, 0.2) is 18.2 Å². The van der Waals surface area contributed by atoms with Crippen molar-refractivity contribution in [3.8, 4) is 5.75 Å². The highest BCUT2D eigenvalue weighted by molar-refractivity contribution is 6.31. The molecule has 5 heteroatoms. The summed E-state index contributed by atoms with van der Waals surface area (Å²) in [5.74, 6) is 0.617. The molecule has 1 N–H and O–H groups in total. The Labute approximate surface area is 130 Å². The minimum atomic E-state index is -0.476. The van der Waals surface area contributed by atoms with Crippen LogP contribution in [0.4, 0.5) is 0 Å². The van der Waals surface area contributed by atoms with Crippen molar-refractivity contribution in [1.29, 1.82) is 0 Å². The van der Waals surface area contributed by atoms with Gasteiger partial charge in [-0.2, -0.15) is 0 Å². The Morgan fingerprint density at radius 1 is 1.48 bits per heavy atom. The molecule has 1 aromatic carbocycles. The Morgan fingerprint density at radius 2 is 2.19 bits per heavy atom. The monoisotopic (exact) mass is 311 g/mol. The van der Waals surface area contributed by atoms with Crippen molar-refractivity contribution in [2.75, 3.05) is 13.1 Å². The largest absolute Gasteiger partial charge is 0.490 e. The highest BCUT2D eigenvalue weighted by Gasteiger charge is 2.29. The van der Waals surface area contributed by atoms with Crippen molar-refractivity contribution in [2.45, 2.75) is 39.4 Å². The van der Waals surface area contributed by atoms with E-state index in [1.54, 1.807) is 23.1 Å². The molecule has 1 aromatic rings. The highest BCUT2D eigenvalue weighted by Crippen LogP contribution is 2.27. The van der Waals surface area contributed by atoms with Gasteiger partial charge in [-0.15, -0.1) is 0 Å². The lowest BCUT2D eigenvalue weighted by Gasteiger charge is -2.34. The summed E-state index contributed by atoms with van der Waals surface area (Å²) in [4.78, 5) is 14.4. The van der Waals surface area contributed by atoms with Crippen LogP contribution >= 0.6 is 11.6 Å². The number of hydrogen-bond donors (Lipinski definition) is 1. The van der Waals surface area contributed by atoms with Gasteiger partial charge < -0.3 is 14.7 Å². The van der Waals surface area contributed by atoms with Crippen LogP contribution in [0.1, 0.15) is 37.6 Å². The second-order valence-electron chi connectivity index (χ2n) is 5.89. The number of halogens is 1. The van der Waals surface area contributed by atoms with E-state index in [9.17, 15) is 9.90 Å². The molecule has 2 atom stereocenters. The summed E-state index contributed by atoms with van der Waals surface area (Å²) in [6.07, 6.45) is 0.300. The molecule has 0 spiro atoms. The van der Waals surface area contributed by atoms with Crippen molar-refractivity contribution in [2.24, 2.45) is 5.92 Å². The average molecular weight is 312 g/mol. The first kappa shape index (κ1) is 16.1. The zero-order valence-electron chi connectivity index (χ0n) is 12.7. The molecule has 116 valence electrons. The number of nitrogens with zero attached hydrogens (tertiary/aromatic N) is 1. The van der Waals surface area contributed by atoms with Gasteiger partial charge in [0.2, 0.25) is 0 Å². The normalized spacial score (nSPS) is 22.5. The molecule has 0 radical (unpaired) electrons. The Bertz CT molecular complexity index is 518. The summed E-state index contributed by atoms with van der Waals surface area (Å²) < 4.78 is 5.69. The number of ether oxygens (including phenoxy) is 1. The van der Waals surface area contributed by atoms with Crippen LogP contribution in [-0.2, 0) is 0 Å². The topological polar surface area (TPSA) is 49.8 Å². The molecule has 0 aliphatic carbocycles. The fourth-order valence-electron chi connectivity index (χ4n) is 2.43. The minimum Gasteiger partial charge on any atom is -0.490 e. The third-order valence-corrected chi connectivity index (χ3v) is 3.98. The molecule has 0 bridgehead atoms. The van der Waals surface area contributed by atoms with Gasteiger partial charge in [0.15, 0.2) is 0 Å². The van der Waals surface area contributed by atoms with E-state index in [0.29, 0.717) is 29.4 Å². The van der Waals surface area contributed by atoms with E-state index in [2.05, 4.69) is 0 Å². The quantitative estimate of drug-likeness (QED) is 0.933. The van der Waals surface area contributed by atoms with Gasteiger partial charge in [0, 0.05) is 18.1 Å². The summed E-state index contributed by atoms with van der Waals surface area (Å²) >= 11 is 6.01. The molecule has 1 fully saturated rings. The number of hydrogen-bond acceptors (Lipinski definition) is 3. The predicted molar refractivity (Wildman–Crippen MR) is 82.9 cm³/mol. The van der Waals surface area contributed by atoms with Crippen molar-refractivity contribution in [1.82, 2.24) is 4.90 Å². The maximum absolute atomic E-state index is 12.7. The summed E-state index contributed by atoms with van der Waals surface area (Å²) in [6.45, 7) is 6.82. The van der Waals surface area contributed by atoms with Crippen LogP contribution in [0.3, 0.4) is 0 Å². The maximum atomic E-state index is 12.7. The lowest BCUT2D eigenvalue weighted by atomic mass is 9.95. The first-order valence-corrected chi connectivity index (χ1v) is 7.70. The molecule has 1 saturated heterocycles. The van der Waals surface area contributed by atoms with Gasteiger partial charge in [-0.25, -0.2) is 0 Å². The molecular formula is C16H22ClNO3. The Hall–Kier alpha value is -1.26. The summed E-state index contributed by atoms with van der Waals surface area (Å²) in [5, 5.41) is 10.5. The Kier molecular flexibility index (Phi) is 5.12. The van der Waals surface area contributed by atoms with E-state index in [4.69, 9.17) is 16.3 Å². The molecule has 0 saturated carbocycles. The number of β-amino-alcohol motifs (C(OH)–C–C–N with tert-alkyl or cyclic N) is 1. The number of likely N-dealkylation sites (tertiary alicyclic amines) is 1. The molecule has 1 heterocycles. The number of carbonyl (C=O) groups is 1. The van der Waals surface area contributed by atoms with Gasteiger partial charge in [0.05, 0.1) is 17.8 Å². The van der Waals surface area contributed by atoms with Crippen LogP contribution in [0, 0.1) is 5.92 Å². The van der Waals surface area contributed by atoms with Crippen molar-refractivity contribution in [3.63, 3.8) is 0 Å². The molecule has 1 aliphatic rings. The molecule has 4 nitrogen and oxygen atoms in total. The minimum absolute atomic E-state index is 0.0234. The van der Waals surface area contributed by atoms with Crippen LogP contribution in [-0.4, -0.2) is 41.2 Å². The van der Waals surface area contributed by atoms with E-state index < -0.39 is 6.10 Å². The van der Waals surface area contributed by atoms with E-state index in [-0.39, 0.29) is 17.9 Å². The molecule has 1 aliphatic heterocycles. The standard InChI is InChI=1S/C16H22ClNO3/c1-10(2)21-15-5-4-12(17)8-13(15)16(20)18-7-6-11(3)14(19)9-18/h4-5,8,10-11,14,19H,6-7,9H2,1-3H3. The number of aliphatic hydroxyl groups is 1. The van der Waals surface area contributed by atoms with Gasteiger partial charge in [0.1, 0.15) is 5.75 Å². The zero-order chi connectivity index (χ0) is 15.6. The lowest BCUT2D eigenvalue weighted by Crippen LogP contribution is -2.45. The van der Waals surface area contributed by atoms with E-state index in [0.717, 1.165) is 6.42 Å². The van der Waals surface area contributed by atoms with Crippen LogP contribution in [0.2, 0.25) is 5.02 Å². The Morgan fingerprint density at radius 3 is 2.81 bits per heavy atom. The van der Waals surface area contributed by atoms with Gasteiger partial charge in [-0.05, 0) is 44.4 Å². The van der Waals surface area contributed by atoms with Crippen molar-refractivity contribution in [3.05, 3.63) is 28.8 Å². The van der Waals surface area contributed by atoms with Crippen molar-refractivity contribution < 1.29 is 14.6 Å². The van der Waals surface area contributed by atoms with Crippen LogP contribution < -0.4 is 4.74 Å².